The van der Waals surface area contributed by atoms with Gasteiger partial charge in [0.2, 0.25) is 11.8 Å². The molecular formula is C22H29N5O3. The zero-order valence-electron chi connectivity index (χ0n) is 17.7. The summed E-state index contributed by atoms with van der Waals surface area (Å²) in [5, 5.41) is 9.95. The van der Waals surface area contributed by atoms with Crippen molar-refractivity contribution in [2.75, 3.05) is 26.7 Å². The molecule has 30 heavy (non-hydrogen) atoms. The lowest BCUT2D eigenvalue weighted by Crippen LogP contribution is -2.56. The van der Waals surface area contributed by atoms with E-state index >= 15 is 0 Å². The average Bonchev–Trinajstić information content (AvgIpc) is 3.07. The van der Waals surface area contributed by atoms with Gasteiger partial charge in [-0.05, 0) is 13.0 Å². The molecule has 2 amide bonds. The summed E-state index contributed by atoms with van der Waals surface area (Å²) in [5.41, 5.74) is 2.95. The number of piperazine rings is 1. The zero-order chi connectivity index (χ0) is 21.5. The van der Waals surface area contributed by atoms with Gasteiger partial charge in [0.05, 0.1) is 25.8 Å². The molecule has 0 radical (unpaired) electrons. The second kappa shape index (κ2) is 10.1. The van der Waals surface area contributed by atoms with Crippen molar-refractivity contribution in [2.45, 2.75) is 25.9 Å². The predicted molar refractivity (Wildman–Crippen MR) is 115 cm³/mol. The van der Waals surface area contributed by atoms with Crippen LogP contribution in [-0.4, -0.2) is 59.3 Å². The highest BCUT2D eigenvalue weighted by atomic mass is 16.5. The lowest BCUT2D eigenvalue weighted by molar-refractivity contribution is -0.133. The molecule has 1 unspecified atom stereocenters. The number of rotatable bonds is 8. The first kappa shape index (κ1) is 21.6. The van der Waals surface area contributed by atoms with E-state index in [0.29, 0.717) is 26.2 Å². The number of aryl methyl sites for hydroxylation is 1. The lowest BCUT2D eigenvalue weighted by atomic mass is 10.1. The number of hydrogen-bond acceptors (Lipinski definition) is 5. The number of carbonyl (C=O) groups is 2. The summed E-state index contributed by atoms with van der Waals surface area (Å²) >= 11 is 0. The molecule has 8 nitrogen and oxygen atoms in total. The van der Waals surface area contributed by atoms with E-state index in [2.05, 4.69) is 15.7 Å². The maximum atomic E-state index is 12.5. The molecule has 1 aliphatic rings. The van der Waals surface area contributed by atoms with Crippen LogP contribution in [0.5, 0.6) is 5.75 Å². The molecule has 1 aromatic carbocycles. The molecule has 1 aromatic heterocycles. The van der Waals surface area contributed by atoms with Crippen molar-refractivity contribution in [2.24, 2.45) is 7.05 Å². The van der Waals surface area contributed by atoms with Crippen LogP contribution in [0.2, 0.25) is 0 Å². The summed E-state index contributed by atoms with van der Waals surface area (Å²) in [6.07, 6.45) is 5.85. The SMILES string of the molecule is COc1ccccc1C=CCN1CCNC(=O)C1CC(=O)NCc1cnn(C)c1C. The van der Waals surface area contributed by atoms with Gasteiger partial charge in [0.1, 0.15) is 5.75 Å². The molecule has 0 saturated carbocycles. The maximum Gasteiger partial charge on any atom is 0.237 e. The molecule has 8 heteroatoms. The van der Waals surface area contributed by atoms with Gasteiger partial charge in [-0.1, -0.05) is 30.4 Å². The summed E-state index contributed by atoms with van der Waals surface area (Å²) < 4.78 is 7.13. The number of carbonyl (C=O) groups excluding carboxylic acids is 2. The molecule has 1 fully saturated rings. The molecule has 0 spiro atoms. The summed E-state index contributed by atoms with van der Waals surface area (Å²) in [4.78, 5) is 26.9. The molecular weight excluding hydrogens is 382 g/mol. The largest absolute Gasteiger partial charge is 0.496 e. The quantitative estimate of drug-likeness (QED) is 0.683. The van der Waals surface area contributed by atoms with Crippen molar-refractivity contribution in [1.29, 1.82) is 0 Å². The van der Waals surface area contributed by atoms with Crippen molar-refractivity contribution in [3.05, 3.63) is 53.4 Å². The Labute approximate surface area is 176 Å². The number of ether oxygens (including phenoxy) is 1. The van der Waals surface area contributed by atoms with E-state index in [1.807, 2.05) is 55.3 Å². The second-order valence-electron chi connectivity index (χ2n) is 7.31. The monoisotopic (exact) mass is 411 g/mol. The summed E-state index contributed by atoms with van der Waals surface area (Å²) in [6.45, 7) is 4.21. The highest BCUT2D eigenvalue weighted by molar-refractivity contribution is 5.88. The Bertz CT molecular complexity index is 921. The normalized spacial score (nSPS) is 17.2. The van der Waals surface area contributed by atoms with Gasteiger partial charge in [0, 0.05) is 50.0 Å². The third kappa shape index (κ3) is 5.27. The number of amides is 2. The van der Waals surface area contributed by atoms with E-state index in [0.717, 1.165) is 22.6 Å². The van der Waals surface area contributed by atoms with Gasteiger partial charge in [-0.3, -0.25) is 19.2 Å². The van der Waals surface area contributed by atoms with E-state index in [9.17, 15) is 9.59 Å². The summed E-state index contributed by atoms with van der Waals surface area (Å²) in [5.74, 6) is 0.533. The molecule has 1 atom stereocenters. The standard InChI is InChI=1S/C22H29N5O3/c1-16-18(15-25-26(16)2)14-24-21(28)13-19-22(29)23-10-12-27(19)11-6-8-17-7-4-5-9-20(17)30-3/h4-9,15,19H,10-14H2,1-3H3,(H,23,29)(H,24,28). The minimum absolute atomic E-state index is 0.111. The second-order valence-corrected chi connectivity index (χ2v) is 7.31. The van der Waals surface area contributed by atoms with Gasteiger partial charge < -0.3 is 15.4 Å². The van der Waals surface area contributed by atoms with E-state index in [1.54, 1.807) is 18.0 Å². The Balaban J connectivity index is 1.58. The lowest BCUT2D eigenvalue weighted by Gasteiger charge is -2.33. The number of aromatic nitrogens is 2. The number of nitrogens with one attached hydrogen (secondary N) is 2. The zero-order valence-corrected chi connectivity index (χ0v) is 17.7. The Morgan fingerprint density at radius 2 is 2.20 bits per heavy atom. The van der Waals surface area contributed by atoms with Crippen LogP contribution in [0.15, 0.2) is 36.5 Å². The van der Waals surface area contributed by atoms with Gasteiger partial charge >= 0.3 is 0 Å². The van der Waals surface area contributed by atoms with Crippen molar-refractivity contribution in [3.63, 3.8) is 0 Å². The fourth-order valence-electron chi connectivity index (χ4n) is 3.48. The Kier molecular flexibility index (Phi) is 7.24. The smallest absolute Gasteiger partial charge is 0.237 e. The molecule has 0 aliphatic carbocycles. The number of benzene rings is 1. The van der Waals surface area contributed by atoms with Crippen LogP contribution in [0.4, 0.5) is 0 Å². The van der Waals surface area contributed by atoms with Crippen LogP contribution < -0.4 is 15.4 Å². The van der Waals surface area contributed by atoms with E-state index in [1.165, 1.54) is 0 Å². The fraction of sp³-hybridized carbons (Fsp3) is 0.409. The first-order valence-electron chi connectivity index (χ1n) is 10.0. The van der Waals surface area contributed by atoms with Crippen molar-refractivity contribution < 1.29 is 14.3 Å². The van der Waals surface area contributed by atoms with Gasteiger partial charge in [0.25, 0.3) is 0 Å². The van der Waals surface area contributed by atoms with Crippen molar-refractivity contribution >= 4 is 17.9 Å². The third-order valence-corrected chi connectivity index (χ3v) is 5.41. The van der Waals surface area contributed by atoms with Crippen LogP contribution in [0.3, 0.4) is 0 Å². The maximum absolute atomic E-state index is 12.5. The summed E-state index contributed by atoms with van der Waals surface area (Å²) in [6, 6.07) is 7.27. The number of nitrogens with zero attached hydrogens (tertiary/aromatic N) is 3. The van der Waals surface area contributed by atoms with Crippen LogP contribution in [-0.2, 0) is 23.2 Å². The number of hydrogen-bond donors (Lipinski definition) is 2. The van der Waals surface area contributed by atoms with E-state index < -0.39 is 6.04 Å². The van der Waals surface area contributed by atoms with Crippen molar-refractivity contribution in [1.82, 2.24) is 25.3 Å². The van der Waals surface area contributed by atoms with Crippen LogP contribution >= 0.6 is 0 Å². The molecule has 160 valence electrons. The molecule has 2 aromatic rings. The molecule has 1 aliphatic heterocycles. The molecule has 2 heterocycles. The number of para-hydroxylation sites is 1. The molecule has 1 saturated heterocycles. The highest BCUT2D eigenvalue weighted by Crippen LogP contribution is 2.19. The Morgan fingerprint density at radius 1 is 1.40 bits per heavy atom. The third-order valence-electron chi connectivity index (χ3n) is 5.41. The Morgan fingerprint density at radius 3 is 2.93 bits per heavy atom. The van der Waals surface area contributed by atoms with E-state index in [-0.39, 0.29) is 18.2 Å². The van der Waals surface area contributed by atoms with Gasteiger partial charge in [-0.25, -0.2) is 0 Å². The van der Waals surface area contributed by atoms with Crippen LogP contribution in [0, 0.1) is 6.92 Å². The minimum Gasteiger partial charge on any atom is -0.496 e. The average molecular weight is 412 g/mol. The van der Waals surface area contributed by atoms with Gasteiger partial charge in [0.15, 0.2) is 0 Å². The molecule has 2 N–H and O–H groups in total. The summed E-state index contributed by atoms with van der Waals surface area (Å²) in [7, 11) is 3.51. The fourth-order valence-corrected chi connectivity index (χ4v) is 3.48. The van der Waals surface area contributed by atoms with E-state index in [4.69, 9.17) is 4.74 Å². The molecule has 0 bridgehead atoms. The van der Waals surface area contributed by atoms with Crippen molar-refractivity contribution in [3.8, 4) is 5.75 Å². The van der Waals surface area contributed by atoms with Gasteiger partial charge in [-0.2, -0.15) is 5.10 Å². The van der Waals surface area contributed by atoms with Gasteiger partial charge in [-0.15, -0.1) is 0 Å². The minimum atomic E-state index is -0.490. The topological polar surface area (TPSA) is 88.5 Å². The highest BCUT2D eigenvalue weighted by Gasteiger charge is 2.30. The molecule has 3 rings (SSSR count). The van der Waals surface area contributed by atoms with Crippen LogP contribution in [0.1, 0.15) is 23.2 Å². The predicted octanol–water partition coefficient (Wildman–Crippen LogP) is 1.26. The first-order chi connectivity index (χ1) is 14.5. The first-order valence-corrected chi connectivity index (χ1v) is 10.0. The number of methoxy groups -OCH3 is 1. The Hall–Kier alpha value is -3.13. The van der Waals surface area contributed by atoms with Crippen LogP contribution in [0.25, 0.3) is 6.08 Å².